The van der Waals surface area contributed by atoms with Crippen LogP contribution in [0, 0.1) is 0 Å². The molecule has 0 saturated heterocycles. The Balaban J connectivity index is 1.74. The number of halogens is 1. The van der Waals surface area contributed by atoms with Crippen LogP contribution in [0.25, 0.3) is 21.8 Å². The number of aromatic nitrogens is 2. The van der Waals surface area contributed by atoms with Crippen molar-refractivity contribution in [3.05, 3.63) is 101 Å². The van der Waals surface area contributed by atoms with E-state index in [0.717, 1.165) is 21.8 Å². The molecule has 0 fully saturated rings. The lowest BCUT2D eigenvalue weighted by Crippen LogP contribution is -2.49. The zero-order valence-corrected chi connectivity index (χ0v) is 21.9. The van der Waals surface area contributed by atoms with Crippen molar-refractivity contribution in [3.63, 3.8) is 0 Å². The van der Waals surface area contributed by atoms with Crippen LogP contribution < -0.4 is 10.2 Å². The van der Waals surface area contributed by atoms with Crippen LogP contribution in [0.1, 0.15) is 42.9 Å². The number of para-hydroxylation sites is 3. The van der Waals surface area contributed by atoms with Crippen molar-refractivity contribution >= 4 is 55.2 Å². The minimum Gasteiger partial charge on any atom is -0.361 e. The topological polar surface area (TPSA) is 81.0 Å². The number of benzene rings is 3. The van der Waals surface area contributed by atoms with Gasteiger partial charge in [0.2, 0.25) is 5.91 Å². The first kappa shape index (κ1) is 23.9. The fourth-order valence-electron chi connectivity index (χ4n) is 4.49. The number of aromatic amines is 2. The van der Waals surface area contributed by atoms with Crippen LogP contribution in [0.5, 0.6) is 0 Å². The molecule has 5 aromatic rings. The summed E-state index contributed by atoms with van der Waals surface area (Å²) in [5.74, 6) is -0.579. The van der Waals surface area contributed by atoms with Crippen LogP contribution in [-0.2, 0) is 4.79 Å². The van der Waals surface area contributed by atoms with E-state index in [1.54, 1.807) is 4.90 Å². The summed E-state index contributed by atoms with van der Waals surface area (Å²) in [5, 5.41) is 4.91. The number of nitrogens with zero attached hydrogens (tertiary/aromatic N) is 1. The van der Waals surface area contributed by atoms with E-state index in [4.69, 9.17) is 0 Å². The zero-order valence-electron chi connectivity index (χ0n) is 20.3. The van der Waals surface area contributed by atoms with Crippen molar-refractivity contribution in [2.45, 2.75) is 32.4 Å². The fourth-order valence-corrected chi connectivity index (χ4v) is 4.96. The van der Waals surface area contributed by atoms with Gasteiger partial charge in [0.1, 0.15) is 11.7 Å². The molecule has 3 N–H and O–H groups in total. The monoisotopic (exact) mass is 542 g/mol. The molecule has 0 aliphatic rings. The number of fused-ring (bicyclic) bond motifs is 2. The SMILES string of the molecule is CC(C)(C)NC(=O)C(c1c[nH]c2ccccc12)N(C(=O)c1cc2ccccc2[nH]1)c1ccccc1Br. The largest absolute Gasteiger partial charge is 0.361 e. The maximum atomic E-state index is 14.3. The molecule has 3 aromatic carbocycles. The molecule has 7 heteroatoms. The van der Waals surface area contributed by atoms with E-state index < -0.39 is 11.6 Å². The van der Waals surface area contributed by atoms with Crippen molar-refractivity contribution in [2.24, 2.45) is 0 Å². The number of H-pyrrole nitrogens is 2. The molecule has 0 bridgehead atoms. The lowest BCUT2D eigenvalue weighted by atomic mass is 9.99. The summed E-state index contributed by atoms with van der Waals surface area (Å²) in [6.45, 7) is 5.79. The highest BCUT2D eigenvalue weighted by Crippen LogP contribution is 2.37. The third-order valence-electron chi connectivity index (χ3n) is 6.01. The minimum atomic E-state index is -0.932. The lowest BCUT2D eigenvalue weighted by Gasteiger charge is -2.33. The second kappa shape index (κ2) is 9.32. The number of carbonyl (C=O) groups is 2. The number of nitrogens with one attached hydrogen (secondary N) is 3. The Bertz CT molecular complexity index is 1540. The van der Waals surface area contributed by atoms with Gasteiger partial charge in [-0.1, -0.05) is 48.5 Å². The van der Waals surface area contributed by atoms with E-state index >= 15 is 0 Å². The van der Waals surface area contributed by atoms with E-state index in [2.05, 4.69) is 31.2 Å². The molecule has 0 aliphatic carbocycles. The van der Waals surface area contributed by atoms with E-state index in [1.807, 2.05) is 106 Å². The Labute approximate surface area is 217 Å². The van der Waals surface area contributed by atoms with E-state index in [1.165, 1.54) is 0 Å². The fraction of sp³-hybridized carbons (Fsp3) is 0.172. The molecule has 0 spiro atoms. The molecule has 36 heavy (non-hydrogen) atoms. The Morgan fingerprint density at radius 3 is 2.31 bits per heavy atom. The van der Waals surface area contributed by atoms with Gasteiger partial charge < -0.3 is 15.3 Å². The molecule has 5 rings (SSSR count). The Morgan fingerprint density at radius 1 is 0.917 bits per heavy atom. The molecule has 182 valence electrons. The Morgan fingerprint density at radius 2 is 1.58 bits per heavy atom. The summed E-state index contributed by atoms with van der Waals surface area (Å²) in [6, 6.07) is 23.9. The maximum absolute atomic E-state index is 14.3. The summed E-state index contributed by atoms with van der Waals surface area (Å²) < 4.78 is 0.711. The number of hydrogen-bond acceptors (Lipinski definition) is 2. The second-order valence-electron chi connectivity index (χ2n) is 9.83. The molecular weight excluding hydrogens is 516 g/mol. The van der Waals surface area contributed by atoms with Crippen molar-refractivity contribution in [2.75, 3.05) is 4.90 Å². The van der Waals surface area contributed by atoms with Crippen molar-refractivity contribution in [3.8, 4) is 0 Å². The normalized spacial score (nSPS) is 12.6. The number of hydrogen-bond donors (Lipinski definition) is 3. The molecule has 2 amide bonds. The Kier molecular flexibility index (Phi) is 6.18. The summed E-state index contributed by atoms with van der Waals surface area (Å²) in [7, 11) is 0. The predicted octanol–water partition coefficient (Wildman–Crippen LogP) is 6.71. The second-order valence-corrected chi connectivity index (χ2v) is 10.7. The molecule has 0 aliphatic heterocycles. The average molecular weight is 543 g/mol. The number of carbonyl (C=O) groups excluding carboxylic acids is 2. The van der Waals surface area contributed by atoms with Crippen LogP contribution in [0.3, 0.4) is 0 Å². The summed E-state index contributed by atoms with van der Waals surface area (Å²) in [6.07, 6.45) is 1.82. The minimum absolute atomic E-state index is 0.271. The van der Waals surface area contributed by atoms with E-state index in [-0.39, 0.29) is 11.8 Å². The van der Waals surface area contributed by atoms with Crippen LogP contribution in [0.15, 0.2) is 89.5 Å². The molecular formula is C29H27BrN4O2. The quantitative estimate of drug-likeness (QED) is 0.230. The molecule has 1 unspecified atom stereocenters. The average Bonchev–Trinajstić information content (AvgIpc) is 3.46. The predicted molar refractivity (Wildman–Crippen MR) is 148 cm³/mol. The van der Waals surface area contributed by atoms with E-state index in [9.17, 15) is 9.59 Å². The summed E-state index contributed by atoms with van der Waals surface area (Å²) in [5.41, 5.74) is 2.97. The third-order valence-corrected chi connectivity index (χ3v) is 6.68. The van der Waals surface area contributed by atoms with Crippen LogP contribution >= 0.6 is 15.9 Å². The van der Waals surface area contributed by atoms with Gasteiger partial charge in [0, 0.05) is 43.6 Å². The van der Waals surface area contributed by atoms with Crippen molar-refractivity contribution in [1.82, 2.24) is 15.3 Å². The van der Waals surface area contributed by atoms with Crippen LogP contribution in [0.4, 0.5) is 5.69 Å². The summed E-state index contributed by atoms with van der Waals surface area (Å²) in [4.78, 5) is 36.4. The van der Waals surface area contributed by atoms with Gasteiger partial charge in [0.25, 0.3) is 5.91 Å². The highest BCUT2D eigenvalue weighted by molar-refractivity contribution is 9.10. The van der Waals surface area contributed by atoms with Crippen molar-refractivity contribution in [1.29, 1.82) is 0 Å². The molecule has 2 aromatic heterocycles. The molecule has 1 atom stereocenters. The van der Waals surface area contributed by atoms with Gasteiger partial charge in [-0.15, -0.1) is 0 Å². The van der Waals surface area contributed by atoms with Crippen LogP contribution in [0.2, 0.25) is 0 Å². The maximum Gasteiger partial charge on any atom is 0.275 e. The Hall–Kier alpha value is -3.84. The van der Waals surface area contributed by atoms with Gasteiger partial charge in [-0.25, -0.2) is 0 Å². The summed E-state index contributed by atoms with van der Waals surface area (Å²) >= 11 is 3.62. The van der Waals surface area contributed by atoms with Gasteiger partial charge in [-0.3, -0.25) is 14.5 Å². The van der Waals surface area contributed by atoms with Crippen LogP contribution in [-0.4, -0.2) is 27.3 Å². The van der Waals surface area contributed by atoms with E-state index in [0.29, 0.717) is 21.4 Å². The van der Waals surface area contributed by atoms with Gasteiger partial charge >= 0.3 is 0 Å². The van der Waals surface area contributed by atoms with Gasteiger partial charge in [-0.2, -0.15) is 0 Å². The first-order valence-electron chi connectivity index (χ1n) is 11.8. The molecule has 0 radical (unpaired) electrons. The lowest BCUT2D eigenvalue weighted by molar-refractivity contribution is -0.123. The van der Waals surface area contributed by atoms with Gasteiger partial charge in [-0.05, 0) is 67.0 Å². The zero-order chi connectivity index (χ0) is 25.4. The number of anilines is 1. The smallest absolute Gasteiger partial charge is 0.275 e. The molecule has 2 heterocycles. The highest BCUT2D eigenvalue weighted by atomic mass is 79.9. The first-order chi connectivity index (χ1) is 17.2. The van der Waals surface area contributed by atoms with Gasteiger partial charge in [0.15, 0.2) is 0 Å². The van der Waals surface area contributed by atoms with Crippen molar-refractivity contribution < 1.29 is 9.59 Å². The standard InChI is InChI=1S/C29H27BrN4O2/c1-29(2,3)33-27(35)26(20-17-31-23-14-8-5-11-19(20)23)34(25-15-9-6-12-21(25)30)28(36)24-16-18-10-4-7-13-22(18)32-24/h4-17,26,31-32H,1-3H3,(H,33,35). The molecule has 0 saturated carbocycles. The number of amides is 2. The highest BCUT2D eigenvalue weighted by Gasteiger charge is 2.37. The number of rotatable bonds is 5. The molecule has 6 nitrogen and oxygen atoms in total. The van der Waals surface area contributed by atoms with Gasteiger partial charge in [0.05, 0.1) is 5.69 Å². The third kappa shape index (κ3) is 4.54. The first-order valence-corrected chi connectivity index (χ1v) is 12.6.